The molecule has 0 spiro atoms. The van der Waals surface area contributed by atoms with E-state index >= 15 is 0 Å². The molecule has 1 amide bonds. The maximum atomic E-state index is 11.4. The minimum absolute atomic E-state index is 0.323. The fraction of sp³-hybridized carbons (Fsp3) is 0.0714. The number of carbonyl (C=O) groups excluding carboxylic acids is 1. The summed E-state index contributed by atoms with van der Waals surface area (Å²) in [6, 6.07) is 13.1. The average molecular weight is 447 g/mol. The van der Waals surface area contributed by atoms with Gasteiger partial charge in [0.25, 0.3) is 5.91 Å². The van der Waals surface area contributed by atoms with Crippen LogP contribution in [0.15, 0.2) is 46.9 Å². The fourth-order valence-corrected chi connectivity index (χ4v) is 2.61. The lowest BCUT2D eigenvalue weighted by atomic mass is 10.1. The summed E-state index contributed by atoms with van der Waals surface area (Å²) in [5.41, 5.74) is 3.55. The molecular formula is C14H12BrIN2O2. The summed E-state index contributed by atoms with van der Waals surface area (Å²) in [6.45, 7) is 0.422. The first-order chi connectivity index (χ1) is 9.60. The van der Waals surface area contributed by atoms with Gasteiger partial charge in [-0.15, -0.1) is 0 Å². The van der Waals surface area contributed by atoms with Gasteiger partial charge in [0.15, 0.2) is 0 Å². The van der Waals surface area contributed by atoms with Crippen molar-refractivity contribution in [2.45, 2.75) is 6.61 Å². The van der Waals surface area contributed by atoms with Crippen LogP contribution in [0.2, 0.25) is 0 Å². The number of nitrogens with one attached hydrogen (secondary N) is 1. The van der Waals surface area contributed by atoms with Crippen molar-refractivity contribution >= 4 is 44.4 Å². The molecule has 3 N–H and O–H groups in total. The molecular weight excluding hydrogens is 435 g/mol. The molecule has 0 aliphatic heterocycles. The molecule has 2 aromatic carbocycles. The molecule has 2 rings (SSSR count). The number of halogens is 2. The van der Waals surface area contributed by atoms with E-state index in [1.165, 1.54) is 0 Å². The predicted octanol–water partition coefficient (Wildman–Crippen LogP) is 3.24. The number of ether oxygens (including phenoxy) is 1. The van der Waals surface area contributed by atoms with E-state index in [1.807, 2.05) is 30.3 Å². The van der Waals surface area contributed by atoms with Crippen LogP contribution in [0.25, 0.3) is 0 Å². The highest BCUT2D eigenvalue weighted by molar-refractivity contribution is 14.1. The molecule has 6 heteroatoms. The summed E-state index contributed by atoms with van der Waals surface area (Å²) >= 11 is 5.67. The molecule has 0 fully saturated rings. The van der Waals surface area contributed by atoms with Crippen molar-refractivity contribution in [3.05, 3.63) is 61.6 Å². The number of rotatable bonds is 4. The number of benzene rings is 2. The van der Waals surface area contributed by atoms with Crippen LogP contribution in [-0.4, -0.2) is 5.91 Å². The second-order valence-electron chi connectivity index (χ2n) is 4.03. The molecule has 0 saturated carbocycles. The predicted molar refractivity (Wildman–Crippen MR) is 89.3 cm³/mol. The molecule has 0 atom stereocenters. The summed E-state index contributed by atoms with van der Waals surface area (Å²) in [5, 5.41) is 0. The van der Waals surface area contributed by atoms with Gasteiger partial charge in [0.1, 0.15) is 12.4 Å². The normalized spacial score (nSPS) is 10.2. The van der Waals surface area contributed by atoms with Crippen molar-refractivity contribution in [1.82, 2.24) is 5.43 Å². The number of hydrogen-bond donors (Lipinski definition) is 2. The molecule has 0 saturated heterocycles. The molecule has 0 aliphatic rings. The van der Waals surface area contributed by atoms with Crippen molar-refractivity contribution in [3.8, 4) is 5.75 Å². The minimum Gasteiger partial charge on any atom is -0.489 e. The van der Waals surface area contributed by atoms with Gasteiger partial charge in [0, 0.05) is 19.2 Å². The molecule has 0 unspecified atom stereocenters. The van der Waals surface area contributed by atoms with E-state index in [1.54, 1.807) is 12.1 Å². The lowest BCUT2D eigenvalue weighted by Crippen LogP contribution is -2.29. The SMILES string of the molecule is NNC(=O)c1ccc(COc2cccc(I)c2)c(Br)c1. The summed E-state index contributed by atoms with van der Waals surface area (Å²) in [4.78, 5) is 11.4. The Morgan fingerprint density at radius 3 is 2.75 bits per heavy atom. The van der Waals surface area contributed by atoms with Gasteiger partial charge < -0.3 is 4.74 Å². The van der Waals surface area contributed by atoms with Crippen LogP contribution < -0.4 is 16.0 Å². The zero-order chi connectivity index (χ0) is 14.5. The highest BCUT2D eigenvalue weighted by Gasteiger charge is 2.07. The minimum atomic E-state index is -0.323. The third-order valence-electron chi connectivity index (χ3n) is 2.64. The molecule has 0 bridgehead atoms. The Morgan fingerprint density at radius 1 is 1.30 bits per heavy atom. The van der Waals surface area contributed by atoms with Crippen LogP contribution >= 0.6 is 38.5 Å². The average Bonchev–Trinajstić information content (AvgIpc) is 2.45. The molecule has 20 heavy (non-hydrogen) atoms. The van der Waals surface area contributed by atoms with Crippen LogP contribution in [0, 0.1) is 3.57 Å². The third-order valence-corrected chi connectivity index (χ3v) is 4.05. The van der Waals surface area contributed by atoms with Gasteiger partial charge in [0.2, 0.25) is 0 Å². The molecule has 0 heterocycles. The Morgan fingerprint density at radius 2 is 2.10 bits per heavy atom. The summed E-state index contributed by atoms with van der Waals surface area (Å²) < 4.78 is 7.65. The van der Waals surface area contributed by atoms with Crippen molar-refractivity contribution in [1.29, 1.82) is 0 Å². The van der Waals surface area contributed by atoms with Crippen LogP contribution in [-0.2, 0) is 6.61 Å². The number of carbonyl (C=O) groups is 1. The van der Waals surface area contributed by atoms with E-state index in [-0.39, 0.29) is 5.91 Å². The number of amides is 1. The smallest absolute Gasteiger partial charge is 0.265 e. The van der Waals surface area contributed by atoms with E-state index in [9.17, 15) is 4.79 Å². The van der Waals surface area contributed by atoms with E-state index in [0.717, 1.165) is 19.4 Å². The Hall–Kier alpha value is -1.12. The zero-order valence-electron chi connectivity index (χ0n) is 10.4. The quantitative estimate of drug-likeness (QED) is 0.328. The number of hydrazine groups is 1. The van der Waals surface area contributed by atoms with Gasteiger partial charge in [-0.25, -0.2) is 5.84 Å². The molecule has 0 radical (unpaired) electrons. The van der Waals surface area contributed by atoms with Gasteiger partial charge >= 0.3 is 0 Å². The molecule has 0 aromatic heterocycles. The highest BCUT2D eigenvalue weighted by atomic mass is 127. The van der Waals surface area contributed by atoms with Gasteiger partial charge in [-0.2, -0.15) is 0 Å². The van der Waals surface area contributed by atoms with Crippen LogP contribution in [0.3, 0.4) is 0 Å². The van der Waals surface area contributed by atoms with E-state index in [2.05, 4.69) is 43.9 Å². The lowest BCUT2D eigenvalue weighted by molar-refractivity contribution is 0.0953. The monoisotopic (exact) mass is 446 g/mol. The first-order valence-electron chi connectivity index (χ1n) is 5.78. The van der Waals surface area contributed by atoms with Gasteiger partial charge in [-0.1, -0.05) is 28.1 Å². The van der Waals surface area contributed by atoms with E-state index in [4.69, 9.17) is 10.6 Å². The van der Waals surface area contributed by atoms with Crippen molar-refractivity contribution in [2.75, 3.05) is 0 Å². The summed E-state index contributed by atoms with van der Waals surface area (Å²) in [7, 11) is 0. The van der Waals surface area contributed by atoms with E-state index < -0.39 is 0 Å². The summed E-state index contributed by atoms with van der Waals surface area (Å²) in [5.74, 6) is 5.59. The highest BCUT2D eigenvalue weighted by Crippen LogP contribution is 2.22. The lowest BCUT2D eigenvalue weighted by Gasteiger charge is -2.09. The van der Waals surface area contributed by atoms with Crippen molar-refractivity contribution < 1.29 is 9.53 Å². The second-order valence-corrected chi connectivity index (χ2v) is 6.13. The maximum absolute atomic E-state index is 11.4. The van der Waals surface area contributed by atoms with Crippen molar-refractivity contribution in [2.24, 2.45) is 5.84 Å². The number of hydrogen-bond acceptors (Lipinski definition) is 3. The van der Waals surface area contributed by atoms with Crippen LogP contribution in [0.1, 0.15) is 15.9 Å². The topological polar surface area (TPSA) is 64.3 Å². The number of nitrogen functional groups attached to an aromatic ring is 1. The van der Waals surface area contributed by atoms with Crippen LogP contribution in [0.4, 0.5) is 0 Å². The first kappa shape index (κ1) is 15.3. The van der Waals surface area contributed by atoms with E-state index in [0.29, 0.717) is 12.2 Å². The Bertz CT molecular complexity index is 634. The van der Waals surface area contributed by atoms with Gasteiger partial charge in [-0.3, -0.25) is 10.2 Å². The summed E-state index contributed by atoms with van der Waals surface area (Å²) in [6.07, 6.45) is 0. The maximum Gasteiger partial charge on any atom is 0.265 e. The Balaban J connectivity index is 2.08. The van der Waals surface area contributed by atoms with Crippen molar-refractivity contribution in [3.63, 3.8) is 0 Å². The Kier molecular flexibility index (Phi) is 5.38. The second kappa shape index (κ2) is 7.05. The van der Waals surface area contributed by atoms with Crippen LogP contribution in [0.5, 0.6) is 5.75 Å². The molecule has 104 valence electrons. The third kappa shape index (κ3) is 3.94. The standard InChI is InChI=1S/C14H12BrIN2O2/c15-13-6-9(14(19)18-17)4-5-10(13)8-20-12-3-1-2-11(16)7-12/h1-7H,8,17H2,(H,18,19). The Labute approximate surface area is 138 Å². The molecule has 2 aromatic rings. The first-order valence-corrected chi connectivity index (χ1v) is 7.65. The largest absolute Gasteiger partial charge is 0.489 e. The molecule has 0 aliphatic carbocycles. The fourth-order valence-electron chi connectivity index (χ4n) is 1.61. The number of nitrogens with two attached hydrogens (primary N) is 1. The van der Waals surface area contributed by atoms with Gasteiger partial charge in [0.05, 0.1) is 0 Å². The zero-order valence-corrected chi connectivity index (χ0v) is 14.1. The molecule has 4 nitrogen and oxygen atoms in total. The van der Waals surface area contributed by atoms with Gasteiger partial charge in [-0.05, 0) is 52.9 Å².